The Bertz CT molecular complexity index is 501. The van der Waals surface area contributed by atoms with Crippen LogP contribution in [0, 0.1) is 18.3 Å². The third-order valence-electron chi connectivity index (χ3n) is 2.99. The molecule has 1 saturated carbocycles. The fourth-order valence-corrected chi connectivity index (χ4v) is 1.71. The number of rotatable bonds is 6. The predicted octanol–water partition coefficient (Wildman–Crippen LogP) is 1.85. The van der Waals surface area contributed by atoms with E-state index in [1.807, 2.05) is 0 Å². The molecule has 0 radical (unpaired) electrons. The van der Waals surface area contributed by atoms with E-state index in [1.165, 1.54) is 20.0 Å². The Morgan fingerprint density at radius 3 is 2.89 bits per heavy atom. The Balaban J connectivity index is 2.04. The van der Waals surface area contributed by atoms with Gasteiger partial charge in [0.15, 0.2) is 11.5 Å². The van der Waals surface area contributed by atoms with Gasteiger partial charge in [0, 0.05) is 12.1 Å². The smallest absolute Gasteiger partial charge is 0.251 e. The first kappa shape index (κ1) is 13.3. The molecule has 0 heterocycles. The van der Waals surface area contributed by atoms with Crippen molar-refractivity contribution in [2.75, 3.05) is 20.3 Å². The van der Waals surface area contributed by atoms with Gasteiger partial charge in [-0.3, -0.25) is 4.79 Å². The minimum atomic E-state index is -0.0892. The number of terminal acetylenes is 1. The first-order valence-electron chi connectivity index (χ1n) is 6.27. The lowest BCUT2D eigenvalue weighted by atomic mass is 10.2. The number of hydrogen-bond acceptors (Lipinski definition) is 3. The third-order valence-corrected chi connectivity index (χ3v) is 2.99. The Morgan fingerprint density at radius 2 is 2.26 bits per heavy atom. The summed E-state index contributed by atoms with van der Waals surface area (Å²) in [5.74, 6) is 4.00. The summed E-state index contributed by atoms with van der Waals surface area (Å²) in [5.41, 5.74) is 0.561. The lowest BCUT2D eigenvalue weighted by molar-refractivity contribution is 0.0951. The average Bonchev–Trinajstić information content (AvgIpc) is 3.26. The van der Waals surface area contributed by atoms with Crippen molar-refractivity contribution in [3.05, 3.63) is 23.8 Å². The molecule has 100 valence electrons. The van der Waals surface area contributed by atoms with Crippen LogP contribution < -0.4 is 14.8 Å². The summed E-state index contributed by atoms with van der Waals surface area (Å²) >= 11 is 0. The van der Waals surface area contributed by atoms with Crippen molar-refractivity contribution in [2.24, 2.45) is 5.92 Å². The minimum absolute atomic E-state index is 0.0892. The molecule has 2 rings (SSSR count). The largest absolute Gasteiger partial charge is 0.493 e. The molecular formula is C15H17NO3. The highest BCUT2D eigenvalue weighted by atomic mass is 16.5. The van der Waals surface area contributed by atoms with Crippen LogP contribution >= 0.6 is 0 Å². The van der Waals surface area contributed by atoms with Crippen LogP contribution in [0.1, 0.15) is 23.2 Å². The highest BCUT2D eigenvalue weighted by Gasteiger charge is 2.22. The summed E-state index contributed by atoms with van der Waals surface area (Å²) in [6, 6.07) is 5.06. The number of benzene rings is 1. The van der Waals surface area contributed by atoms with Crippen molar-refractivity contribution in [1.82, 2.24) is 5.32 Å². The number of ether oxygens (including phenoxy) is 2. The maximum atomic E-state index is 11.9. The molecular weight excluding hydrogens is 242 g/mol. The molecule has 1 fully saturated rings. The second-order valence-corrected chi connectivity index (χ2v) is 4.51. The molecule has 19 heavy (non-hydrogen) atoms. The predicted molar refractivity (Wildman–Crippen MR) is 72.4 cm³/mol. The van der Waals surface area contributed by atoms with E-state index < -0.39 is 0 Å². The number of nitrogens with one attached hydrogen (secondary N) is 1. The molecule has 1 aromatic rings. The van der Waals surface area contributed by atoms with Crippen molar-refractivity contribution < 1.29 is 14.3 Å². The van der Waals surface area contributed by atoms with Crippen molar-refractivity contribution >= 4 is 5.91 Å². The summed E-state index contributed by atoms with van der Waals surface area (Å²) in [6.45, 7) is 0.917. The summed E-state index contributed by atoms with van der Waals surface area (Å²) in [5, 5.41) is 2.91. The van der Waals surface area contributed by atoms with Crippen LogP contribution in [0.25, 0.3) is 0 Å². The van der Waals surface area contributed by atoms with Gasteiger partial charge in [0.05, 0.1) is 7.11 Å². The molecule has 0 saturated heterocycles. The van der Waals surface area contributed by atoms with Gasteiger partial charge >= 0.3 is 0 Å². The van der Waals surface area contributed by atoms with E-state index in [9.17, 15) is 4.79 Å². The zero-order valence-corrected chi connectivity index (χ0v) is 10.9. The maximum Gasteiger partial charge on any atom is 0.251 e. The minimum Gasteiger partial charge on any atom is -0.493 e. The number of amides is 1. The van der Waals surface area contributed by atoms with Crippen molar-refractivity contribution in [2.45, 2.75) is 12.8 Å². The maximum absolute atomic E-state index is 11.9. The van der Waals surface area contributed by atoms with Gasteiger partial charge in [-0.1, -0.05) is 5.92 Å². The highest BCUT2D eigenvalue weighted by Crippen LogP contribution is 2.29. The molecule has 1 N–H and O–H groups in total. The fourth-order valence-electron chi connectivity index (χ4n) is 1.71. The molecule has 1 aromatic carbocycles. The van der Waals surface area contributed by atoms with Crippen LogP contribution in [-0.4, -0.2) is 26.2 Å². The lowest BCUT2D eigenvalue weighted by Gasteiger charge is -2.10. The van der Waals surface area contributed by atoms with Crippen LogP contribution in [0.3, 0.4) is 0 Å². The van der Waals surface area contributed by atoms with Gasteiger partial charge in [-0.2, -0.15) is 0 Å². The van der Waals surface area contributed by atoms with Crippen LogP contribution in [0.2, 0.25) is 0 Å². The summed E-state index contributed by atoms with van der Waals surface area (Å²) < 4.78 is 10.5. The first-order valence-corrected chi connectivity index (χ1v) is 6.27. The van der Waals surface area contributed by atoms with Crippen molar-refractivity contribution in [1.29, 1.82) is 0 Å². The van der Waals surface area contributed by atoms with Gasteiger partial charge in [-0.05, 0) is 37.0 Å². The molecule has 1 amide bonds. The molecule has 1 aliphatic carbocycles. The topological polar surface area (TPSA) is 47.6 Å². The average molecular weight is 259 g/mol. The number of methoxy groups -OCH3 is 1. The van der Waals surface area contributed by atoms with Crippen LogP contribution in [0.5, 0.6) is 11.5 Å². The third kappa shape index (κ3) is 3.65. The summed E-state index contributed by atoms with van der Waals surface area (Å²) in [6.07, 6.45) is 7.56. The van der Waals surface area contributed by atoms with Gasteiger partial charge in [-0.15, -0.1) is 6.42 Å². The van der Waals surface area contributed by atoms with Gasteiger partial charge in [0.25, 0.3) is 5.91 Å². The van der Waals surface area contributed by atoms with Crippen LogP contribution in [-0.2, 0) is 0 Å². The Morgan fingerprint density at radius 1 is 1.47 bits per heavy atom. The normalized spacial score (nSPS) is 13.5. The van der Waals surface area contributed by atoms with Gasteiger partial charge in [0.1, 0.15) is 6.61 Å². The zero-order valence-electron chi connectivity index (χ0n) is 10.9. The van der Waals surface area contributed by atoms with Crippen LogP contribution in [0.15, 0.2) is 18.2 Å². The first-order chi connectivity index (χ1) is 9.24. The zero-order chi connectivity index (χ0) is 13.7. The quantitative estimate of drug-likeness (QED) is 0.793. The second kappa shape index (κ2) is 6.14. The fraction of sp³-hybridized carbons (Fsp3) is 0.400. The highest BCUT2D eigenvalue weighted by molar-refractivity contribution is 5.94. The van der Waals surface area contributed by atoms with Gasteiger partial charge in [-0.25, -0.2) is 0 Å². The van der Waals surface area contributed by atoms with Gasteiger partial charge in [0.2, 0.25) is 0 Å². The molecule has 1 aliphatic rings. The molecule has 0 aromatic heterocycles. The van der Waals surface area contributed by atoms with E-state index in [4.69, 9.17) is 15.9 Å². The van der Waals surface area contributed by atoms with Crippen molar-refractivity contribution in [3.63, 3.8) is 0 Å². The number of hydrogen-bond donors (Lipinski definition) is 1. The molecule has 0 spiro atoms. The number of carbonyl (C=O) groups is 1. The van der Waals surface area contributed by atoms with E-state index in [0.29, 0.717) is 23.0 Å². The molecule has 4 heteroatoms. The number of carbonyl (C=O) groups excluding carboxylic acids is 1. The van der Waals surface area contributed by atoms with E-state index >= 15 is 0 Å². The SMILES string of the molecule is C#CCOc1ccc(C(=O)NCC2CC2)cc1OC. The monoisotopic (exact) mass is 259 g/mol. The molecule has 4 nitrogen and oxygen atoms in total. The van der Waals surface area contributed by atoms with E-state index in [0.717, 1.165) is 6.54 Å². The molecule has 0 bridgehead atoms. The van der Waals surface area contributed by atoms with Crippen molar-refractivity contribution in [3.8, 4) is 23.8 Å². The van der Waals surface area contributed by atoms with E-state index in [-0.39, 0.29) is 12.5 Å². The second-order valence-electron chi connectivity index (χ2n) is 4.51. The van der Waals surface area contributed by atoms with Gasteiger partial charge < -0.3 is 14.8 Å². The van der Waals surface area contributed by atoms with E-state index in [2.05, 4.69) is 11.2 Å². The Kier molecular flexibility index (Phi) is 4.30. The van der Waals surface area contributed by atoms with E-state index in [1.54, 1.807) is 18.2 Å². The lowest BCUT2D eigenvalue weighted by Crippen LogP contribution is -2.25. The Hall–Kier alpha value is -2.15. The summed E-state index contributed by atoms with van der Waals surface area (Å²) in [4.78, 5) is 11.9. The molecule has 0 aliphatic heterocycles. The standard InChI is InChI=1S/C15H17NO3/c1-3-8-19-13-7-6-12(9-14(13)18-2)15(17)16-10-11-4-5-11/h1,6-7,9,11H,4-5,8,10H2,2H3,(H,16,17). The molecule has 0 atom stereocenters. The Labute approximate surface area is 113 Å². The van der Waals surface area contributed by atoms with Crippen LogP contribution in [0.4, 0.5) is 0 Å². The molecule has 0 unspecified atom stereocenters. The summed E-state index contributed by atoms with van der Waals surface area (Å²) in [7, 11) is 1.53.